The van der Waals surface area contributed by atoms with E-state index in [0.717, 1.165) is 29.3 Å². The van der Waals surface area contributed by atoms with Crippen molar-refractivity contribution in [1.82, 2.24) is 4.98 Å². The molecule has 0 amide bonds. The van der Waals surface area contributed by atoms with Crippen molar-refractivity contribution in [2.24, 2.45) is 0 Å². The number of aliphatic hydroxyl groups excluding tert-OH is 1. The maximum Gasteiger partial charge on any atom is 0.219 e. The van der Waals surface area contributed by atoms with E-state index in [1.165, 1.54) is 19.3 Å². The quantitative estimate of drug-likeness (QED) is 0.915. The van der Waals surface area contributed by atoms with Crippen LogP contribution in [-0.4, -0.2) is 16.2 Å². The van der Waals surface area contributed by atoms with Gasteiger partial charge in [0.1, 0.15) is 6.10 Å². The van der Waals surface area contributed by atoms with Crippen LogP contribution in [0.4, 0.5) is 0 Å². The van der Waals surface area contributed by atoms with Gasteiger partial charge < -0.3 is 9.84 Å². The van der Waals surface area contributed by atoms with Gasteiger partial charge in [0, 0.05) is 10.9 Å². The molecule has 1 fully saturated rings. The Morgan fingerprint density at radius 2 is 1.95 bits per heavy atom. The maximum absolute atomic E-state index is 9.49. The van der Waals surface area contributed by atoms with Crippen LogP contribution < -0.4 is 4.74 Å². The van der Waals surface area contributed by atoms with Gasteiger partial charge in [0.25, 0.3) is 0 Å². The molecule has 1 aliphatic carbocycles. The lowest BCUT2D eigenvalue weighted by Gasteiger charge is -2.23. The number of ether oxygens (including phenoxy) is 1. The van der Waals surface area contributed by atoms with Gasteiger partial charge in [-0.2, -0.15) is 0 Å². The zero-order chi connectivity index (χ0) is 13.1. The van der Waals surface area contributed by atoms with E-state index in [0.29, 0.717) is 5.88 Å². The Morgan fingerprint density at radius 3 is 2.74 bits per heavy atom. The van der Waals surface area contributed by atoms with Crippen LogP contribution in [-0.2, 0) is 6.61 Å². The van der Waals surface area contributed by atoms with E-state index in [2.05, 4.69) is 4.98 Å². The minimum absolute atomic E-state index is 0.0279. The van der Waals surface area contributed by atoms with E-state index < -0.39 is 0 Å². The summed E-state index contributed by atoms with van der Waals surface area (Å²) < 4.78 is 6.01. The van der Waals surface area contributed by atoms with E-state index in [9.17, 15) is 5.11 Å². The predicted octanol–water partition coefficient (Wildman–Crippen LogP) is 3.44. The predicted molar refractivity (Wildman–Crippen MR) is 75.2 cm³/mol. The number of nitrogens with zero attached hydrogens (tertiary/aromatic N) is 1. The molecule has 2 aromatic rings. The first-order valence-corrected chi connectivity index (χ1v) is 7.03. The minimum atomic E-state index is -0.0279. The molecule has 1 aromatic carbocycles. The molecule has 0 saturated heterocycles. The summed E-state index contributed by atoms with van der Waals surface area (Å²) in [7, 11) is 0. The van der Waals surface area contributed by atoms with E-state index in [1.807, 2.05) is 30.3 Å². The molecule has 1 heterocycles. The average Bonchev–Trinajstić information content (AvgIpc) is 2.47. The molecule has 3 nitrogen and oxygen atoms in total. The molecule has 19 heavy (non-hydrogen) atoms. The van der Waals surface area contributed by atoms with Crippen molar-refractivity contribution in [1.29, 1.82) is 0 Å². The molecule has 3 rings (SSSR count). The first-order valence-electron chi connectivity index (χ1n) is 7.03. The van der Waals surface area contributed by atoms with Crippen LogP contribution >= 0.6 is 0 Å². The SMILES string of the molecule is OCc1cc2ccccc2nc1OC1CCCCC1. The molecule has 0 bridgehead atoms. The lowest BCUT2D eigenvalue weighted by molar-refractivity contribution is 0.144. The summed E-state index contributed by atoms with van der Waals surface area (Å²) in [5.74, 6) is 0.605. The van der Waals surface area contributed by atoms with Crippen molar-refractivity contribution in [3.8, 4) is 5.88 Å². The fraction of sp³-hybridized carbons (Fsp3) is 0.438. The largest absolute Gasteiger partial charge is 0.474 e. The Kier molecular flexibility index (Phi) is 3.65. The zero-order valence-electron chi connectivity index (χ0n) is 11.0. The number of para-hydroxylation sites is 1. The number of hydrogen-bond acceptors (Lipinski definition) is 3. The summed E-state index contributed by atoms with van der Waals surface area (Å²) in [5, 5.41) is 10.5. The highest BCUT2D eigenvalue weighted by molar-refractivity contribution is 5.79. The first kappa shape index (κ1) is 12.4. The smallest absolute Gasteiger partial charge is 0.219 e. The first-order chi connectivity index (χ1) is 9.36. The molecule has 0 aliphatic heterocycles. The van der Waals surface area contributed by atoms with E-state index in [-0.39, 0.29) is 12.7 Å². The monoisotopic (exact) mass is 257 g/mol. The highest BCUT2D eigenvalue weighted by Crippen LogP contribution is 2.27. The second-order valence-corrected chi connectivity index (χ2v) is 5.18. The van der Waals surface area contributed by atoms with E-state index >= 15 is 0 Å². The number of pyridine rings is 1. The Labute approximate surface area is 113 Å². The Balaban J connectivity index is 1.91. The maximum atomic E-state index is 9.49. The Hall–Kier alpha value is -1.61. The number of benzene rings is 1. The lowest BCUT2D eigenvalue weighted by Crippen LogP contribution is -2.21. The number of aliphatic hydroxyl groups is 1. The fourth-order valence-electron chi connectivity index (χ4n) is 2.70. The van der Waals surface area contributed by atoms with Crippen LogP contribution in [0.1, 0.15) is 37.7 Å². The Morgan fingerprint density at radius 1 is 1.16 bits per heavy atom. The molecule has 1 saturated carbocycles. The van der Waals surface area contributed by atoms with Crippen LogP contribution in [0.3, 0.4) is 0 Å². The van der Waals surface area contributed by atoms with Crippen LogP contribution in [0.15, 0.2) is 30.3 Å². The van der Waals surface area contributed by atoms with Gasteiger partial charge >= 0.3 is 0 Å². The molecule has 1 aliphatic rings. The molecular weight excluding hydrogens is 238 g/mol. The summed E-state index contributed by atoms with van der Waals surface area (Å²) in [6.07, 6.45) is 6.21. The van der Waals surface area contributed by atoms with Crippen LogP contribution in [0, 0.1) is 0 Å². The number of hydrogen-bond donors (Lipinski definition) is 1. The van der Waals surface area contributed by atoms with Gasteiger partial charge in [-0.25, -0.2) is 4.98 Å². The molecule has 0 atom stereocenters. The molecule has 0 spiro atoms. The van der Waals surface area contributed by atoms with Crippen molar-refractivity contribution < 1.29 is 9.84 Å². The third-order valence-corrected chi connectivity index (χ3v) is 3.76. The van der Waals surface area contributed by atoms with Gasteiger partial charge in [-0.05, 0) is 37.8 Å². The summed E-state index contributed by atoms with van der Waals surface area (Å²) in [4.78, 5) is 4.56. The summed E-state index contributed by atoms with van der Waals surface area (Å²) >= 11 is 0. The lowest BCUT2D eigenvalue weighted by atomic mass is 9.98. The van der Waals surface area contributed by atoms with Crippen molar-refractivity contribution in [3.05, 3.63) is 35.9 Å². The van der Waals surface area contributed by atoms with Crippen molar-refractivity contribution in [3.63, 3.8) is 0 Å². The average molecular weight is 257 g/mol. The topological polar surface area (TPSA) is 42.4 Å². The second-order valence-electron chi connectivity index (χ2n) is 5.18. The number of rotatable bonds is 3. The van der Waals surface area contributed by atoms with Crippen LogP contribution in [0.5, 0.6) is 5.88 Å². The fourth-order valence-corrected chi connectivity index (χ4v) is 2.70. The third-order valence-electron chi connectivity index (χ3n) is 3.76. The number of fused-ring (bicyclic) bond motifs is 1. The minimum Gasteiger partial charge on any atom is -0.474 e. The Bertz CT molecular complexity index is 562. The summed E-state index contributed by atoms with van der Waals surface area (Å²) in [6.45, 7) is -0.0279. The molecule has 0 radical (unpaired) electrons. The van der Waals surface area contributed by atoms with Gasteiger partial charge in [0.05, 0.1) is 12.1 Å². The molecule has 1 N–H and O–H groups in total. The van der Waals surface area contributed by atoms with Crippen molar-refractivity contribution in [2.45, 2.75) is 44.8 Å². The highest BCUT2D eigenvalue weighted by atomic mass is 16.5. The standard InChI is InChI=1S/C16H19NO2/c18-11-13-10-12-6-4-5-9-15(12)17-16(13)19-14-7-2-1-3-8-14/h4-6,9-10,14,18H,1-3,7-8,11H2. The molecular formula is C16H19NO2. The normalized spacial score (nSPS) is 16.7. The number of aromatic nitrogens is 1. The van der Waals surface area contributed by atoms with E-state index in [1.54, 1.807) is 0 Å². The molecule has 0 unspecified atom stereocenters. The van der Waals surface area contributed by atoms with Crippen LogP contribution in [0.25, 0.3) is 10.9 Å². The van der Waals surface area contributed by atoms with E-state index in [4.69, 9.17) is 4.74 Å². The zero-order valence-corrected chi connectivity index (χ0v) is 11.0. The summed E-state index contributed by atoms with van der Waals surface area (Å²) in [6, 6.07) is 9.90. The van der Waals surface area contributed by atoms with Gasteiger partial charge in [-0.3, -0.25) is 0 Å². The van der Waals surface area contributed by atoms with Crippen LogP contribution in [0.2, 0.25) is 0 Å². The van der Waals surface area contributed by atoms with Crippen molar-refractivity contribution >= 4 is 10.9 Å². The molecule has 3 heteroatoms. The molecule has 1 aromatic heterocycles. The summed E-state index contributed by atoms with van der Waals surface area (Å²) in [5.41, 5.74) is 1.70. The van der Waals surface area contributed by atoms with Gasteiger partial charge in [0.2, 0.25) is 5.88 Å². The second kappa shape index (κ2) is 5.57. The van der Waals surface area contributed by atoms with Gasteiger partial charge in [-0.1, -0.05) is 24.6 Å². The highest BCUT2D eigenvalue weighted by Gasteiger charge is 2.17. The van der Waals surface area contributed by atoms with Gasteiger partial charge in [0.15, 0.2) is 0 Å². The van der Waals surface area contributed by atoms with Gasteiger partial charge in [-0.15, -0.1) is 0 Å². The van der Waals surface area contributed by atoms with Crippen molar-refractivity contribution in [2.75, 3.05) is 0 Å². The third kappa shape index (κ3) is 2.71. The molecule has 100 valence electrons.